The molecule has 1 aromatic carbocycles. The van der Waals surface area contributed by atoms with Gasteiger partial charge in [0.15, 0.2) is 0 Å². The van der Waals surface area contributed by atoms with E-state index in [0.717, 1.165) is 17.9 Å². The zero-order chi connectivity index (χ0) is 12.2. The highest BCUT2D eigenvalue weighted by Gasteiger charge is 2.30. The number of halogens is 3. The van der Waals surface area contributed by atoms with Gasteiger partial charge in [0.1, 0.15) is 0 Å². The largest absolute Gasteiger partial charge is 0.416 e. The van der Waals surface area contributed by atoms with Crippen LogP contribution in [0.3, 0.4) is 0 Å². The van der Waals surface area contributed by atoms with Crippen LogP contribution in [0.15, 0.2) is 24.3 Å². The van der Waals surface area contributed by atoms with Crippen molar-refractivity contribution in [3.63, 3.8) is 0 Å². The monoisotopic (exact) mass is 250 g/mol. The van der Waals surface area contributed by atoms with Crippen LogP contribution in [0.2, 0.25) is 0 Å². The summed E-state index contributed by atoms with van der Waals surface area (Å²) in [6.07, 6.45) is -2.83. The van der Waals surface area contributed by atoms with Crippen LogP contribution in [0.4, 0.5) is 13.2 Å². The lowest BCUT2D eigenvalue weighted by atomic mass is 10.0. The highest BCUT2D eigenvalue weighted by molar-refractivity contribution is 7.98. The summed E-state index contributed by atoms with van der Waals surface area (Å²) in [4.78, 5) is 0. The Bertz CT molecular complexity index is 338. The van der Waals surface area contributed by atoms with Crippen molar-refractivity contribution in [3.8, 4) is 0 Å². The molecule has 0 aliphatic carbocycles. The van der Waals surface area contributed by atoms with Crippen molar-refractivity contribution in [1.29, 1.82) is 0 Å². The van der Waals surface area contributed by atoms with Crippen molar-refractivity contribution in [2.45, 2.75) is 18.7 Å². The molecule has 16 heavy (non-hydrogen) atoms. The molecule has 0 aromatic heterocycles. The van der Waals surface area contributed by atoms with Gasteiger partial charge in [-0.2, -0.15) is 24.9 Å². The van der Waals surface area contributed by atoms with Crippen LogP contribution in [-0.4, -0.2) is 17.1 Å². The molecule has 0 aliphatic rings. The van der Waals surface area contributed by atoms with E-state index in [2.05, 4.69) is 0 Å². The van der Waals surface area contributed by atoms with E-state index in [1.165, 1.54) is 12.1 Å². The summed E-state index contributed by atoms with van der Waals surface area (Å²) in [6, 6.07) is 4.84. The highest BCUT2D eigenvalue weighted by atomic mass is 32.2. The predicted molar refractivity (Wildman–Crippen MR) is 59.4 cm³/mol. The molecule has 1 nitrogen and oxygen atoms in total. The fourth-order valence-electron chi connectivity index (χ4n) is 1.32. The van der Waals surface area contributed by atoms with Crippen molar-refractivity contribution in [3.05, 3.63) is 35.4 Å². The smallest absolute Gasteiger partial charge is 0.388 e. The first-order chi connectivity index (χ1) is 7.45. The maximum Gasteiger partial charge on any atom is 0.416 e. The summed E-state index contributed by atoms with van der Waals surface area (Å²) < 4.78 is 37.2. The van der Waals surface area contributed by atoms with E-state index in [0.29, 0.717) is 12.0 Å². The topological polar surface area (TPSA) is 20.2 Å². The summed E-state index contributed by atoms with van der Waals surface area (Å²) in [5.74, 6) is 0.720. The lowest BCUT2D eigenvalue weighted by Crippen LogP contribution is -2.07. The SMILES string of the molecule is CSCCC(O)c1cccc(C(F)(F)F)c1. The molecule has 1 unspecified atom stereocenters. The van der Waals surface area contributed by atoms with Crippen molar-refractivity contribution < 1.29 is 18.3 Å². The van der Waals surface area contributed by atoms with Crippen molar-refractivity contribution in [1.82, 2.24) is 0 Å². The second kappa shape index (κ2) is 5.59. The molecular weight excluding hydrogens is 237 g/mol. The molecule has 0 saturated heterocycles. The number of benzene rings is 1. The van der Waals surface area contributed by atoms with Crippen LogP contribution in [0.25, 0.3) is 0 Å². The molecule has 90 valence electrons. The summed E-state index contributed by atoms with van der Waals surface area (Å²) in [5.41, 5.74) is -0.392. The number of rotatable bonds is 4. The Hall–Kier alpha value is -0.680. The molecule has 0 saturated carbocycles. The maximum atomic E-state index is 12.4. The first kappa shape index (κ1) is 13.4. The van der Waals surface area contributed by atoms with Crippen LogP contribution < -0.4 is 0 Å². The molecule has 1 atom stereocenters. The molecule has 0 aliphatic heterocycles. The number of hydrogen-bond donors (Lipinski definition) is 1. The Morgan fingerprint density at radius 1 is 1.38 bits per heavy atom. The quantitative estimate of drug-likeness (QED) is 0.882. The standard InChI is InChI=1S/C11H13F3OS/c1-16-6-5-10(15)8-3-2-4-9(7-8)11(12,13)14/h2-4,7,10,15H,5-6H2,1H3. The second-order valence-corrected chi connectivity index (χ2v) is 4.41. The summed E-state index contributed by atoms with van der Waals surface area (Å²) in [6.45, 7) is 0. The number of aliphatic hydroxyl groups is 1. The molecule has 0 spiro atoms. The van der Waals surface area contributed by atoms with E-state index in [4.69, 9.17) is 0 Å². The fraction of sp³-hybridized carbons (Fsp3) is 0.455. The second-order valence-electron chi connectivity index (χ2n) is 3.42. The molecule has 0 bridgehead atoms. The average molecular weight is 250 g/mol. The van der Waals surface area contributed by atoms with Crippen LogP contribution >= 0.6 is 11.8 Å². The van der Waals surface area contributed by atoms with Gasteiger partial charge >= 0.3 is 6.18 Å². The third-order valence-electron chi connectivity index (χ3n) is 2.19. The third kappa shape index (κ3) is 3.72. The first-order valence-electron chi connectivity index (χ1n) is 4.79. The Labute approximate surface area is 96.7 Å². The lowest BCUT2D eigenvalue weighted by Gasteiger charge is -2.13. The molecule has 1 rings (SSSR count). The van der Waals surface area contributed by atoms with Crippen LogP contribution in [0.1, 0.15) is 23.7 Å². The van der Waals surface area contributed by atoms with Gasteiger partial charge in [0, 0.05) is 0 Å². The van der Waals surface area contributed by atoms with E-state index in [1.807, 2.05) is 6.26 Å². The summed E-state index contributed by atoms with van der Waals surface area (Å²) >= 11 is 1.55. The van der Waals surface area contributed by atoms with Gasteiger partial charge in [-0.1, -0.05) is 12.1 Å². The maximum absolute atomic E-state index is 12.4. The molecular formula is C11H13F3OS. The Balaban J connectivity index is 2.82. The van der Waals surface area contributed by atoms with E-state index >= 15 is 0 Å². The highest BCUT2D eigenvalue weighted by Crippen LogP contribution is 2.31. The van der Waals surface area contributed by atoms with Gasteiger partial charge in [-0.3, -0.25) is 0 Å². The minimum absolute atomic E-state index is 0.323. The summed E-state index contributed by atoms with van der Waals surface area (Å²) in [5, 5.41) is 9.66. The van der Waals surface area contributed by atoms with Gasteiger partial charge in [0.05, 0.1) is 11.7 Å². The lowest BCUT2D eigenvalue weighted by molar-refractivity contribution is -0.137. The van der Waals surface area contributed by atoms with Crippen LogP contribution in [0.5, 0.6) is 0 Å². The number of hydrogen-bond acceptors (Lipinski definition) is 2. The Kier molecular flexibility index (Phi) is 4.68. The normalized spacial score (nSPS) is 13.8. The zero-order valence-electron chi connectivity index (χ0n) is 8.79. The number of aliphatic hydroxyl groups excluding tert-OH is 1. The molecule has 0 heterocycles. The molecule has 0 fully saturated rings. The first-order valence-corrected chi connectivity index (χ1v) is 6.18. The zero-order valence-corrected chi connectivity index (χ0v) is 9.61. The van der Waals surface area contributed by atoms with E-state index in [-0.39, 0.29) is 0 Å². The Morgan fingerprint density at radius 3 is 2.62 bits per heavy atom. The molecule has 1 aromatic rings. The van der Waals surface area contributed by atoms with Crippen molar-refractivity contribution >= 4 is 11.8 Å². The van der Waals surface area contributed by atoms with Gasteiger partial charge in [0.2, 0.25) is 0 Å². The van der Waals surface area contributed by atoms with Crippen molar-refractivity contribution in [2.24, 2.45) is 0 Å². The fourth-order valence-corrected chi connectivity index (χ4v) is 1.78. The average Bonchev–Trinajstić information content (AvgIpc) is 2.25. The van der Waals surface area contributed by atoms with E-state index < -0.39 is 17.8 Å². The van der Waals surface area contributed by atoms with Crippen LogP contribution in [0, 0.1) is 0 Å². The van der Waals surface area contributed by atoms with Crippen LogP contribution in [-0.2, 0) is 6.18 Å². The summed E-state index contributed by atoms with van der Waals surface area (Å²) in [7, 11) is 0. The molecule has 5 heteroatoms. The van der Waals surface area contributed by atoms with Gasteiger partial charge < -0.3 is 5.11 Å². The van der Waals surface area contributed by atoms with Gasteiger partial charge in [0.25, 0.3) is 0 Å². The molecule has 0 radical (unpaired) electrons. The van der Waals surface area contributed by atoms with E-state index in [1.54, 1.807) is 11.8 Å². The van der Waals surface area contributed by atoms with Gasteiger partial charge in [-0.05, 0) is 36.1 Å². The number of thioether (sulfide) groups is 1. The number of alkyl halides is 3. The predicted octanol–water partition coefficient (Wildman–Crippen LogP) is 3.49. The van der Waals surface area contributed by atoms with Gasteiger partial charge in [-0.15, -0.1) is 0 Å². The van der Waals surface area contributed by atoms with Crippen molar-refractivity contribution in [2.75, 3.05) is 12.0 Å². The third-order valence-corrected chi connectivity index (χ3v) is 2.84. The Morgan fingerprint density at radius 2 is 2.06 bits per heavy atom. The molecule has 1 N–H and O–H groups in total. The minimum Gasteiger partial charge on any atom is -0.388 e. The molecule has 0 amide bonds. The van der Waals surface area contributed by atoms with Gasteiger partial charge in [-0.25, -0.2) is 0 Å². The minimum atomic E-state index is -4.35. The van der Waals surface area contributed by atoms with E-state index in [9.17, 15) is 18.3 Å².